The zero-order valence-corrected chi connectivity index (χ0v) is 8.81. The third-order valence-corrected chi connectivity index (χ3v) is 2.94. The van der Waals surface area contributed by atoms with Gasteiger partial charge in [0.25, 0.3) is 0 Å². The summed E-state index contributed by atoms with van der Waals surface area (Å²) in [5, 5.41) is 0. The monoisotopic (exact) mass is 246 g/mol. The zero-order valence-electron chi connectivity index (χ0n) is 6.41. The van der Waals surface area contributed by atoms with Gasteiger partial charge < -0.3 is 4.74 Å². The standard InChI is InChI=1S/C8H7BrO2S/c1-11-8(10)6-4-2-3-5-7(6)12-9/h2-5H,1H3. The molecule has 0 aliphatic rings. The van der Waals surface area contributed by atoms with Crippen LogP contribution in [0.15, 0.2) is 29.2 Å². The van der Waals surface area contributed by atoms with Gasteiger partial charge in [-0.2, -0.15) is 0 Å². The van der Waals surface area contributed by atoms with Crippen LogP contribution in [0.25, 0.3) is 0 Å². The molecule has 0 saturated heterocycles. The van der Waals surface area contributed by atoms with Crippen molar-refractivity contribution in [3.05, 3.63) is 29.8 Å². The number of ether oxygens (including phenoxy) is 1. The third-order valence-electron chi connectivity index (χ3n) is 1.38. The van der Waals surface area contributed by atoms with Gasteiger partial charge in [-0.05, 0) is 37.1 Å². The van der Waals surface area contributed by atoms with Crippen LogP contribution in [0.5, 0.6) is 0 Å². The molecule has 0 saturated carbocycles. The quantitative estimate of drug-likeness (QED) is 0.751. The Morgan fingerprint density at radius 1 is 1.50 bits per heavy atom. The average molecular weight is 247 g/mol. The number of carbonyl (C=O) groups excluding carboxylic acids is 1. The Labute approximate surface area is 82.5 Å². The van der Waals surface area contributed by atoms with Gasteiger partial charge in [0.15, 0.2) is 0 Å². The summed E-state index contributed by atoms with van der Waals surface area (Å²) in [7, 11) is 2.72. The number of rotatable bonds is 2. The number of halogens is 1. The van der Waals surface area contributed by atoms with E-state index in [0.29, 0.717) is 5.56 Å². The Hall–Kier alpha value is -0.480. The minimum Gasteiger partial charge on any atom is -0.465 e. The van der Waals surface area contributed by atoms with E-state index >= 15 is 0 Å². The van der Waals surface area contributed by atoms with Crippen LogP contribution in [0.3, 0.4) is 0 Å². The minimum absolute atomic E-state index is 0.308. The lowest BCUT2D eigenvalue weighted by molar-refractivity contribution is 0.0597. The molecule has 64 valence electrons. The lowest BCUT2D eigenvalue weighted by Gasteiger charge is -2.02. The highest BCUT2D eigenvalue weighted by molar-refractivity contribution is 9.50. The molecule has 1 aromatic carbocycles. The van der Waals surface area contributed by atoms with E-state index in [-0.39, 0.29) is 5.97 Å². The lowest BCUT2D eigenvalue weighted by atomic mass is 10.2. The number of hydrogen-bond donors (Lipinski definition) is 0. The number of benzene rings is 1. The molecule has 0 aliphatic heterocycles. The van der Waals surface area contributed by atoms with Crippen molar-refractivity contribution in [1.29, 1.82) is 0 Å². The van der Waals surface area contributed by atoms with Crippen molar-refractivity contribution in [2.75, 3.05) is 7.11 Å². The maximum atomic E-state index is 11.1. The van der Waals surface area contributed by atoms with Gasteiger partial charge in [0.2, 0.25) is 0 Å². The second-order valence-electron chi connectivity index (χ2n) is 2.06. The van der Waals surface area contributed by atoms with E-state index in [1.54, 1.807) is 12.1 Å². The van der Waals surface area contributed by atoms with E-state index in [9.17, 15) is 4.79 Å². The number of hydrogen-bond acceptors (Lipinski definition) is 3. The second-order valence-corrected chi connectivity index (χ2v) is 3.63. The van der Waals surface area contributed by atoms with E-state index in [4.69, 9.17) is 0 Å². The van der Waals surface area contributed by atoms with E-state index in [1.807, 2.05) is 12.1 Å². The highest BCUT2D eigenvalue weighted by atomic mass is 79.9. The molecule has 0 amide bonds. The predicted octanol–water partition coefficient (Wildman–Crippen LogP) is 2.88. The molecule has 0 heterocycles. The number of carbonyl (C=O) groups is 1. The molecule has 12 heavy (non-hydrogen) atoms. The van der Waals surface area contributed by atoms with E-state index < -0.39 is 0 Å². The van der Waals surface area contributed by atoms with Crippen molar-refractivity contribution < 1.29 is 9.53 Å². The largest absolute Gasteiger partial charge is 0.465 e. The van der Waals surface area contributed by atoms with Gasteiger partial charge in [0.05, 0.1) is 12.7 Å². The van der Waals surface area contributed by atoms with Crippen molar-refractivity contribution in [2.45, 2.75) is 4.90 Å². The number of esters is 1. The Kier molecular flexibility index (Phi) is 3.62. The predicted molar refractivity (Wildman–Crippen MR) is 52.6 cm³/mol. The Bertz CT molecular complexity index is 288. The first-order valence-corrected chi connectivity index (χ1v) is 5.91. The van der Waals surface area contributed by atoms with E-state index in [0.717, 1.165) is 4.90 Å². The van der Waals surface area contributed by atoms with Crippen molar-refractivity contribution in [2.24, 2.45) is 0 Å². The summed E-state index contributed by atoms with van der Waals surface area (Å²) in [6, 6.07) is 7.26. The summed E-state index contributed by atoms with van der Waals surface area (Å²) in [4.78, 5) is 12.0. The van der Waals surface area contributed by atoms with Crippen LogP contribution in [0.2, 0.25) is 0 Å². The first-order chi connectivity index (χ1) is 5.79. The Morgan fingerprint density at radius 2 is 2.17 bits per heavy atom. The summed E-state index contributed by atoms with van der Waals surface area (Å²) in [5.41, 5.74) is 0.585. The molecule has 0 N–H and O–H groups in total. The minimum atomic E-state index is -0.308. The number of methoxy groups -OCH3 is 1. The van der Waals surface area contributed by atoms with Gasteiger partial charge in [-0.3, -0.25) is 0 Å². The van der Waals surface area contributed by atoms with Crippen LogP contribution in [-0.2, 0) is 4.74 Å². The van der Waals surface area contributed by atoms with Crippen LogP contribution in [-0.4, -0.2) is 13.1 Å². The molecule has 1 aromatic rings. The molecule has 0 aliphatic carbocycles. The lowest BCUT2D eigenvalue weighted by Crippen LogP contribution is -2.01. The fourth-order valence-corrected chi connectivity index (χ4v) is 2.02. The molecule has 4 heteroatoms. The summed E-state index contributed by atoms with van der Waals surface area (Å²) < 4.78 is 4.61. The van der Waals surface area contributed by atoms with Crippen molar-refractivity contribution in [3.63, 3.8) is 0 Å². The molecule has 0 bridgehead atoms. The fraction of sp³-hybridized carbons (Fsp3) is 0.125. The van der Waals surface area contributed by atoms with Crippen LogP contribution >= 0.6 is 25.0 Å². The highest BCUT2D eigenvalue weighted by Gasteiger charge is 2.09. The molecule has 0 atom stereocenters. The Balaban J connectivity index is 3.04. The van der Waals surface area contributed by atoms with Crippen molar-refractivity contribution >= 4 is 31.0 Å². The van der Waals surface area contributed by atoms with Crippen molar-refractivity contribution in [1.82, 2.24) is 0 Å². The van der Waals surface area contributed by atoms with Gasteiger partial charge in [-0.1, -0.05) is 12.1 Å². The van der Waals surface area contributed by atoms with Crippen LogP contribution in [0, 0.1) is 0 Å². The van der Waals surface area contributed by atoms with Gasteiger partial charge in [0, 0.05) is 4.90 Å². The molecular formula is C8H7BrO2S. The normalized spacial score (nSPS) is 9.50. The van der Waals surface area contributed by atoms with Gasteiger partial charge in [-0.25, -0.2) is 4.79 Å². The van der Waals surface area contributed by atoms with Gasteiger partial charge >= 0.3 is 5.97 Å². The van der Waals surface area contributed by atoms with Crippen molar-refractivity contribution in [3.8, 4) is 0 Å². The first kappa shape index (κ1) is 9.61. The molecular weight excluding hydrogens is 240 g/mol. The van der Waals surface area contributed by atoms with Crippen LogP contribution in [0.1, 0.15) is 10.4 Å². The summed E-state index contributed by atoms with van der Waals surface area (Å²) >= 11 is 3.21. The summed E-state index contributed by atoms with van der Waals surface area (Å²) in [6.45, 7) is 0. The molecule has 0 unspecified atom stereocenters. The highest BCUT2D eigenvalue weighted by Crippen LogP contribution is 2.27. The summed E-state index contributed by atoms with van der Waals surface area (Å²) in [6.07, 6.45) is 0. The topological polar surface area (TPSA) is 26.3 Å². The second kappa shape index (κ2) is 4.52. The molecule has 1 rings (SSSR count). The zero-order chi connectivity index (χ0) is 8.97. The van der Waals surface area contributed by atoms with Gasteiger partial charge in [-0.15, -0.1) is 0 Å². The van der Waals surface area contributed by atoms with Crippen LogP contribution < -0.4 is 0 Å². The molecule has 0 fully saturated rings. The SMILES string of the molecule is COC(=O)c1ccccc1SBr. The first-order valence-electron chi connectivity index (χ1n) is 3.25. The molecule has 0 radical (unpaired) electrons. The Morgan fingerprint density at radius 3 is 2.75 bits per heavy atom. The van der Waals surface area contributed by atoms with E-state index in [1.165, 1.54) is 17.3 Å². The fourth-order valence-electron chi connectivity index (χ4n) is 0.813. The van der Waals surface area contributed by atoms with Gasteiger partial charge in [0.1, 0.15) is 0 Å². The molecule has 2 nitrogen and oxygen atoms in total. The molecule has 0 spiro atoms. The maximum Gasteiger partial charge on any atom is 0.339 e. The van der Waals surface area contributed by atoms with Crippen LogP contribution in [0.4, 0.5) is 0 Å². The van der Waals surface area contributed by atoms with E-state index in [2.05, 4.69) is 19.5 Å². The third kappa shape index (κ3) is 2.01. The average Bonchev–Trinajstić information content (AvgIpc) is 2.16. The summed E-state index contributed by atoms with van der Waals surface area (Å²) in [5.74, 6) is -0.308. The maximum absolute atomic E-state index is 11.1. The smallest absolute Gasteiger partial charge is 0.339 e. The molecule has 0 aromatic heterocycles.